The molecule has 210 valence electrons. The first-order valence-corrected chi connectivity index (χ1v) is 14.0. The first-order valence-electron chi connectivity index (χ1n) is 23.0. The molecule has 0 radical (unpaired) electrons. The Bertz CT molecular complexity index is 3430. The highest BCUT2D eigenvalue weighted by molar-refractivity contribution is 6.26. The van der Waals surface area contributed by atoms with Gasteiger partial charge in [0.2, 0.25) is 0 Å². The second-order valence-corrected chi connectivity index (χ2v) is 10.3. The molecule has 0 fully saturated rings. The molecular formula is C44H28O. The highest BCUT2D eigenvalue weighted by Crippen LogP contribution is 2.49. The maximum absolute atomic E-state index is 9.58. The molecule has 1 heterocycles. The molecule has 0 amide bonds. The molecule has 0 aliphatic heterocycles. The second-order valence-electron chi connectivity index (χ2n) is 10.3. The van der Waals surface area contributed by atoms with Crippen LogP contribution in [-0.2, 0) is 0 Å². The molecule has 9 rings (SSSR count). The summed E-state index contributed by atoms with van der Waals surface area (Å²) in [6.45, 7) is 0. The van der Waals surface area contributed by atoms with Crippen molar-refractivity contribution in [3.8, 4) is 44.5 Å². The van der Waals surface area contributed by atoms with E-state index >= 15 is 0 Å². The number of benzene rings is 8. The monoisotopic (exact) mass is 590 g/mol. The Morgan fingerprint density at radius 2 is 0.956 bits per heavy atom. The van der Waals surface area contributed by atoms with E-state index in [-0.39, 0.29) is 83.1 Å². The van der Waals surface area contributed by atoms with Gasteiger partial charge in [0, 0.05) is 10.8 Å². The molecule has 0 N–H and O–H groups in total. The third kappa shape index (κ3) is 4.09. The summed E-state index contributed by atoms with van der Waals surface area (Å²) in [6, 6.07) is 3.96. The number of fused-ring (bicyclic) bond motifs is 5. The largest absolute Gasteiger partial charge is 0.456 e. The van der Waals surface area contributed by atoms with Crippen LogP contribution in [0.1, 0.15) is 24.7 Å². The first kappa shape index (κ1) is 13.4. The summed E-state index contributed by atoms with van der Waals surface area (Å²) in [6.07, 6.45) is 0. The highest BCUT2D eigenvalue weighted by atomic mass is 16.3. The van der Waals surface area contributed by atoms with Gasteiger partial charge in [-0.15, -0.1) is 0 Å². The molecule has 1 nitrogen and oxygen atoms in total. The first-order chi connectivity index (χ1) is 29.8. The maximum atomic E-state index is 9.58. The van der Waals surface area contributed by atoms with Gasteiger partial charge in [-0.25, -0.2) is 0 Å². The molecule has 0 aliphatic rings. The van der Waals surface area contributed by atoms with Crippen LogP contribution in [0, 0.1) is 0 Å². The van der Waals surface area contributed by atoms with Crippen LogP contribution >= 0.6 is 0 Å². The van der Waals surface area contributed by atoms with Gasteiger partial charge >= 0.3 is 0 Å². The van der Waals surface area contributed by atoms with Gasteiger partial charge in [-0.3, -0.25) is 0 Å². The minimum Gasteiger partial charge on any atom is -0.456 e. The number of furan rings is 1. The van der Waals surface area contributed by atoms with Crippen molar-refractivity contribution in [1.29, 1.82) is 0 Å². The van der Waals surface area contributed by atoms with Gasteiger partial charge in [-0.1, -0.05) is 151 Å². The molecule has 0 unspecified atom stereocenters. The lowest BCUT2D eigenvalue weighted by Gasteiger charge is -2.20. The molecule has 0 saturated carbocycles. The van der Waals surface area contributed by atoms with Gasteiger partial charge in [0.05, 0.1) is 24.7 Å². The van der Waals surface area contributed by atoms with Crippen LogP contribution in [-0.4, -0.2) is 0 Å². The summed E-state index contributed by atoms with van der Waals surface area (Å²) in [4.78, 5) is 0. The average Bonchev–Trinajstić information content (AvgIpc) is 3.66. The zero-order chi connectivity index (χ0) is 45.4. The quantitative estimate of drug-likeness (QED) is 0.186. The fourth-order valence-corrected chi connectivity index (χ4v) is 6.00. The molecule has 0 atom stereocenters. The summed E-state index contributed by atoms with van der Waals surface area (Å²) < 4.78 is 167. The van der Waals surface area contributed by atoms with Crippen molar-refractivity contribution in [3.63, 3.8) is 0 Å². The summed E-state index contributed by atoms with van der Waals surface area (Å²) >= 11 is 0. The van der Waals surface area contributed by atoms with E-state index in [1.165, 1.54) is 36.4 Å². The number of hydrogen-bond acceptors (Lipinski definition) is 1. The zero-order valence-corrected chi connectivity index (χ0v) is 23.2. The number of para-hydroxylation sites is 1. The van der Waals surface area contributed by atoms with E-state index in [0.29, 0.717) is 11.0 Å². The van der Waals surface area contributed by atoms with Crippen molar-refractivity contribution in [1.82, 2.24) is 0 Å². The van der Waals surface area contributed by atoms with Gasteiger partial charge in [-0.05, 0) is 84.3 Å². The van der Waals surface area contributed by atoms with Crippen molar-refractivity contribution in [2.75, 3.05) is 0 Å². The summed E-state index contributed by atoms with van der Waals surface area (Å²) in [5.41, 5.74) is -0.603. The molecule has 0 bridgehead atoms. The van der Waals surface area contributed by atoms with Crippen molar-refractivity contribution < 1.29 is 29.1 Å². The SMILES string of the molecule is [2H]c1ccc(-c2c([2H])c([2H])c([2H])c([2H])c2-c2c3c([2H])c([2H])c([2H])c([2H])c3c(-c3cc(-c4c([2H])c([2H])c([2H])c([2H])c4[2H])cc4oc5ccccc5c34)c3c([2H])c([2H])c([2H])c([2H])c23)cc1. The molecule has 9 aromatic rings. The Labute approximate surface area is 286 Å². The van der Waals surface area contributed by atoms with Crippen molar-refractivity contribution in [2.45, 2.75) is 0 Å². The van der Waals surface area contributed by atoms with Crippen molar-refractivity contribution in [3.05, 3.63) is 169 Å². The Balaban J connectivity index is 1.64. The molecular weight excluding hydrogens is 544 g/mol. The standard InChI is InChI=1S/C44H28O/c1-3-15-29(16-4-1)31-27-39(44-38-25-13-14-26-40(38)45-41(44)28-31)43-36-23-11-9-21-34(36)42(35-22-10-12-24-37(35)43)33-20-8-7-19-32(33)30-17-5-2-6-18-30/h1-28H/i1D,2D,3D,4D,7D,8D,9D,10D,11D,12D,15D,16D,19D,20D,21D,22D,23D,24D. The van der Waals surface area contributed by atoms with Gasteiger partial charge in [-0.2, -0.15) is 0 Å². The van der Waals surface area contributed by atoms with E-state index in [1.807, 2.05) is 0 Å². The van der Waals surface area contributed by atoms with Crippen LogP contribution in [0.3, 0.4) is 0 Å². The maximum Gasteiger partial charge on any atom is 0.136 e. The lowest BCUT2D eigenvalue weighted by Crippen LogP contribution is -1.93. The number of rotatable bonds is 4. The van der Waals surface area contributed by atoms with Gasteiger partial charge in [0.1, 0.15) is 11.2 Å². The Morgan fingerprint density at radius 1 is 0.378 bits per heavy atom. The third-order valence-electron chi connectivity index (χ3n) is 7.86. The van der Waals surface area contributed by atoms with Crippen molar-refractivity contribution in [2.24, 2.45) is 0 Å². The fourth-order valence-electron chi connectivity index (χ4n) is 6.00. The minimum absolute atomic E-state index is 0.0120. The van der Waals surface area contributed by atoms with Crippen LogP contribution in [0.25, 0.3) is 88.0 Å². The lowest BCUT2D eigenvalue weighted by molar-refractivity contribution is 0.669. The molecule has 1 heteroatoms. The van der Waals surface area contributed by atoms with E-state index in [9.17, 15) is 6.85 Å². The molecule has 45 heavy (non-hydrogen) atoms. The van der Waals surface area contributed by atoms with Gasteiger partial charge in [0.25, 0.3) is 0 Å². The smallest absolute Gasteiger partial charge is 0.136 e. The Hall–Kier alpha value is -5.92. The molecule has 0 spiro atoms. The highest BCUT2D eigenvalue weighted by Gasteiger charge is 2.22. The topological polar surface area (TPSA) is 13.1 Å². The molecule has 8 aromatic carbocycles. The normalized spacial score (nSPS) is 17.2. The number of hydrogen-bond donors (Lipinski definition) is 0. The van der Waals surface area contributed by atoms with Crippen LogP contribution in [0.15, 0.2) is 174 Å². The minimum atomic E-state index is -0.757. The van der Waals surface area contributed by atoms with E-state index in [1.54, 1.807) is 24.3 Å². The van der Waals surface area contributed by atoms with Gasteiger partial charge in [0.15, 0.2) is 0 Å². The van der Waals surface area contributed by atoms with E-state index in [2.05, 4.69) is 0 Å². The molecule has 1 aromatic heterocycles. The fraction of sp³-hybridized carbons (Fsp3) is 0. The summed E-state index contributed by atoms with van der Waals surface area (Å²) in [5.74, 6) is 0. The van der Waals surface area contributed by atoms with Crippen LogP contribution in [0.4, 0.5) is 0 Å². The Morgan fingerprint density at radius 3 is 1.64 bits per heavy atom. The Kier molecular flexibility index (Phi) is 3.08. The van der Waals surface area contributed by atoms with Crippen LogP contribution in [0.2, 0.25) is 0 Å². The van der Waals surface area contributed by atoms with E-state index < -0.39 is 103 Å². The van der Waals surface area contributed by atoms with Crippen molar-refractivity contribution >= 4 is 43.5 Å². The van der Waals surface area contributed by atoms with Crippen LogP contribution in [0.5, 0.6) is 0 Å². The average molecular weight is 591 g/mol. The predicted molar refractivity (Wildman–Crippen MR) is 190 cm³/mol. The zero-order valence-electron chi connectivity index (χ0n) is 41.2. The summed E-state index contributed by atoms with van der Waals surface area (Å²) in [7, 11) is 0. The second kappa shape index (κ2) is 10.4. The van der Waals surface area contributed by atoms with E-state index in [0.717, 1.165) is 0 Å². The molecule has 0 aliphatic carbocycles. The van der Waals surface area contributed by atoms with Crippen LogP contribution < -0.4 is 0 Å². The lowest BCUT2D eigenvalue weighted by atomic mass is 9.82. The summed E-state index contributed by atoms with van der Waals surface area (Å²) in [5, 5.41) is -0.581. The molecule has 0 saturated heterocycles. The predicted octanol–water partition coefficient (Wildman–Crippen LogP) is 12.6. The van der Waals surface area contributed by atoms with E-state index in [4.69, 9.17) is 22.2 Å². The van der Waals surface area contributed by atoms with Gasteiger partial charge < -0.3 is 4.42 Å². The third-order valence-corrected chi connectivity index (χ3v) is 7.86.